The number of nitrogens with zero attached hydrogens (tertiary/aromatic N) is 1. The number of carbonyl (C=O) groups excluding carboxylic acids is 1. The highest BCUT2D eigenvalue weighted by atomic mass is 16.5. The third kappa shape index (κ3) is 4.45. The molecule has 1 aliphatic heterocycles. The van der Waals surface area contributed by atoms with E-state index in [-0.39, 0.29) is 12.0 Å². The first kappa shape index (κ1) is 17.4. The molecule has 4 heteroatoms. The Morgan fingerprint density at radius 2 is 2.10 bits per heavy atom. The molecule has 0 bridgehead atoms. The van der Waals surface area contributed by atoms with Crippen molar-refractivity contribution in [2.24, 2.45) is 5.92 Å². The van der Waals surface area contributed by atoms with E-state index in [9.17, 15) is 4.79 Å². The van der Waals surface area contributed by atoms with Gasteiger partial charge in [-0.2, -0.15) is 0 Å². The van der Waals surface area contributed by atoms with Gasteiger partial charge < -0.3 is 9.64 Å². The second kappa shape index (κ2) is 7.41. The molecule has 1 saturated heterocycles. The molecule has 0 spiro atoms. The van der Waals surface area contributed by atoms with Gasteiger partial charge in [-0.25, -0.2) is 0 Å². The Morgan fingerprint density at radius 1 is 1.45 bits per heavy atom. The number of hydrogen-bond donors (Lipinski definition) is 1. The Balaban J connectivity index is 2.67. The van der Waals surface area contributed by atoms with Crippen LogP contribution in [-0.2, 0) is 9.53 Å². The summed E-state index contributed by atoms with van der Waals surface area (Å²) >= 11 is 0. The number of methoxy groups -OCH3 is 1. The van der Waals surface area contributed by atoms with E-state index in [0.29, 0.717) is 6.04 Å². The fourth-order valence-corrected chi connectivity index (χ4v) is 3.38. The Morgan fingerprint density at radius 3 is 2.55 bits per heavy atom. The summed E-state index contributed by atoms with van der Waals surface area (Å²) in [6, 6.07) is 0.648. The molecule has 0 aromatic carbocycles. The van der Waals surface area contributed by atoms with Gasteiger partial charge in [0, 0.05) is 18.6 Å². The third-order valence-corrected chi connectivity index (χ3v) is 4.46. The molecule has 4 nitrogen and oxygen atoms in total. The van der Waals surface area contributed by atoms with Crippen LogP contribution in [0.4, 0.5) is 0 Å². The van der Waals surface area contributed by atoms with Crippen LogP contribution in [0.3, 0.4) is 0 Å². The Hall–Kier alpha value is -0.610. The summed E-state index contributed by atoms with van der Waals surface area (Å²) in [6.45, 7) is 12.9. The van der Waals surface area contributed by atoms with E-state index in [4.69, 9.17) is 4.74 Å². The zero-order valence-corrected chi connectivity index (χ0v) is 14.0. The van der Waals surface area contributed by atoms with Gasteiger partial charge in [0.2, 0.25) is 0 Å². The lowest BCUT2D eigenvalue weighted by molar-refractivity contribution is -0.149. The fraction of sp³-hybridized carbons (Fsp3) is 0.938. The van der Waals surface area contributed by atoms with E-state index in [0.717, 1.165) is 25.4 Å². The number of esters is 1. The van der Waals surface area contributed by atoms with Crippen LogP contribution < -0.4 is 5.32 Å². The van der Waals surface area contributed by atoms with E-state index >= 15 is 0 Å². The number of likely N-dealkylation sites (tertiary alicyclic amines) is 1. The van der Waals surface area contributed by atoms with Crippen molar-refractivity contribution in [1.29, 1.82) is 0 Å². The van der Waals surface area contributed by atoms with E-state index in [1.807, 2.05) is 6.92 Å². The van der Waals surface area contributed by atoms with Gasteiger partial charge in [0.15, 0.2) is 0 Å². The highest BCUT2D eigenvalue weighted by molar-refractivity contribution is 5.80. The van der Waals surface area contributed by atoms with Crippen molar-refractivity contribution >= 4 is 5.97 Å². The molecule has 1 aliphatic rings. The number of nitrogens with one attached hydrogen (secondary N) is 1. The molecular weight excluding hydrogens is 252 g/mol. The van der Waals surface area contributed by atoms with Crippen molar-refractivity contribution in [2.75, 3.05) is 20.2 Å². The van der Waals surface area contributed by atoms with Crippen LogP contribution >= 0.6 is 0 Å². The molecule has 0 aromatic rings. The average Bonchev–Trinajstić information content (AvgIpc) is 2.85. The molecule has 1 N–H and O–H groups in total. The van der Waals surface area contributed by atoms with Crippen LogP contribution in [0.15, 0.2) is 0 Å². The maximum atomic E-state index is 12.1. The van der Waals surface area contributed by atoms with Crippen molar-refractivity contribution in [2.45, 2.75) is 71.5 Å². The third-order valence-electron chi connectivity index (χ3n) is 4.46. The maximum absolute atomic E-state index is 12.1. The average molecular weight is 284 g/mol. The normalized spacial score (nSPS) is 24.6. The van der Waals surface area contributed by atoms with E-state index in [1.165, 1.54) is 20.0 Å². The molecule has 118 valence electrons. The van der Waals surface area contributed by atoms with Crippen molar-refractivity contribution < 1.29 is 9.53 Å². The van der Waals surface area contributed by atoms with Crippen molar-refractivity contribution in [3.63, 3.8) is 0 Å². The minimum atomic E-state index is -0.605. The van der Waals surface area contributed by atoms with Gasteiger partial charge in [-0.1, -0.05) is 13.3 Å². The minimum absolute atomic E-state index is 0.163. The summed E-state index contributed by atoms with van der Waals surface area (Å²) in [4.78, 5) is 14.6. The lowest BCUT2D eigenvalue weighted by Gasteiger charge is -2.35. The molecule has 3 atom stereocenters. The first-order valence-electron chi connectivity index (χ1n) is 7.92. The number of hydrogen-bond acceptors (Lipinski definition) is 4. The van der Waals surface area contributed by atoms with E-state index in [1.54, 1.807) is 0 Å². The summed E-state index contributed by atoms with van der Waals surface area (Å²) < 4.78 is 5.00. The molecule has 0 saturated carbocycles. The highest BCUT2D eigenvalue weighted by Crippen LogP contribution is 2.25. The minimum Gasteiger partial charge on any atom is -0.468 e. The lowest BCUT2D eigenvalue weighted by atomic mass is 9.92. The second-order valence-electron chi connectivity index (χ2n) is 6.73. The number of carbonyl (C=O) groups is 1. The van der Waals surface area contributed by atoms with Crippen LogP contribution in [0.5, 0.6) is 0 Å². The zero-order valence-electron chi connectivity index (χ0n) is 14.0. The predicted octanol–water partition coefficient (Wildman–Crippen LogP) is 2.43. The largest absolute Gasteiger partial charge is 0.468 e. The Labute approximate surface area is 124 Å². The maximum Gasteiger partial charge on any atom is 0.325 e. The first-order chi connectivity index (χ1) is 9.32. The lowest BCUT2D eigenvalue weighted by Crippen LogP contribution is -2.56. The van der Waals surface area contributed by atoms with E-state index < -0.39 is 5.54 Å². The molecule has 0 aromatic heterocycles. The molecule has 1 fully saturated rings. The SMILES string of the molecule is CCC1CCN(C(C)CC(C)(NC(C)C)C(=O)OC)C1. The molecule has 3 unspecified atom stereocenters. The van der Waals surface area contributed by atoms with E-state index in [2.05, 4.69) is 37.9 Å². The Bertz CT molecular complexity index is 320. The van der Waals surface area contributed by atoms with Crippen molar-refractivity contribution in [3.8, 4) is 0 Å². The van der Waals surface area contributed by atoms with Crippen LogP contribution in [0.1, 0.15) is 53.9 Å². The van der Waals surface area contributed by atoms with Gasteiger partial charge in [0.1, 0.15) is 5.54 Å². The van der Waals surface area contributed by atoms with Crippen molar-refractivity contribution in [1.82, 2.24) is 10.2 Å². The van der Waals surface area contributed by atoms with Gasteiger partial charge >= 0.3 is 5.97 Å². The topological polar surface area (TPSA) is 41.6 Å². The van der Waals surface area contributed by atoms with Crippen LogP contribution in [0.25, 0.3) is 0 Å². The molecule has 1 heterocycles. The standard InChI is InChI=1S/C16H32N2O2/c1-7-14-8-9-18(11-14)13(4)10-16(5,15(19)20-6)17-12(2)3/h12-14,17H,7-11H2,1-6H3. The summed E-state index contributed by atoms with van der Waals surface area (Å²) in [5.74, 6) is 0.657. The number of ether oxygens (including phenoxy) is 1. The molecule has 0 aliphatic carbocycles. The zero-order chi connectivity index (χ0) is 15.3. The number of rotatable bonds is 7. The fourth-order valence-electron chi connectivity index (χ4n) is 3.38. The van der Waals surface area contributed by atoms with Gasteiger partial charge in [-0.05, 0) is 53.0 Å². The smallest absolute Gasteiger partial charge is 0.325 e. The molecule has 0 radical (unpaired) electrons. The summed E-state index contributed by atoms with van der Waals surface area (Å²) in [6.07, 6.45) is 3.32. The molecule has 1 rings (SSSR count). The van der Waals surface area contributed by atoms with Crippen molar-refractivity contribution in [3.05, 3.63) is 0 Å². The second-order valence-corrected chi connectivity index (χ2v) is 6.73. The highest BCUT2D eigenvalue weighted by Gasteiger charge is 2.38. The quantitative estimate of drug-likeness (QED) is 0.729. The molecular formula is C16H32N2O2. The monoisotopic (exact) mass is 284 g/mol. The molecule has 20 heavy (non-hydrogen) atoms. The van der Waals surface area contributed by atoms with Gasteiger partial charge in [-0.15, -0.1) is 0 Å². The Kier molecular flexibility index (Phi) is 6.46. The first-order valence-corrected chi connectivity index (χ1v) is 7.92. The van der Waals surface area contributed by atoms with Gasteiger partial charge in [0.25, 0.3) is 0 Å². The summed E-state index contributed by atoms with van der Waals surface area (Å²) in [5.41, 5.74) is -0.605. The van der Waals surface area contributed by atoms with Gasteiger partial charge in [0.05, 0.1) is 7.11 Å². The summed E-state index contributed by atoms with van der Waals surface area (Å²) in [5, 5.41) is 3.39. The van der Waals surface area contributed by atoms with Gasteiger partial charge in [-0.3, -0.25) is 10.1 Å². The molecule has 0 amide bonds. The van der Waals surface area contributed by atoms with Crippen LogP contribution in [0.2, 0.25) is 0 Å². The van der Waals surface area contributed by atoms with Crippen LogP contribution in [0, 0.1) is 5.92 Å². The summed E-state index contributed by atoms with van der Waals surface area (Å²) in [7, 11) is 1.47. The predicted molar refractivity (Wildman–Crippen MR) is 82.7 cm³/mol. The van der Waals surface area contributed by atoms with Crippen LogP contribution in [-0.4, -0.2) is 48.7 Å².